The van der Waals surface area contributed by atoms with Crippen LogP contribution in [0.5, 0.6) is 0 Å². The van der Waals surface area contributed by atoms with Crippen LogP contribution in [-0.4, -0.2) is 47.4 Å². The summed E-state index contributed by atoms with van der Waals surface area (Å²) in [6, 6.07) is 3.72. The van der Waals surface area contributed by atoms with E-state index in [-0.39, 0.29) is 29.8 Å². The highest BCUT2D eigenvalue weighted by molar-refractivity contribution is 5.84. The zero-order valence-corrected chi connectivity index (χ0v) is 16.3. The number of hydrogen-bond donors (Lipinski definition) is 3. The normalized spacial score (nSPS) is 25.6. The van der Waals surface area contributed by atoms with Crippen LogP contribution >= 0.6 is 0 Å². The minimum atomic E-state index is -0.266. The van der Waals surface area contributed by atoms with Gasteiger partial charge in [-0.2, -0.15) is 0 Å². The Kier molecular flexibility index (Phi) is 6.79. The first-order valence-electron chi connectivity index (χ1n) is 10.0. The molecule has 2 aliphatic heterocycles. The molecule has 1 aromatic heterocycles. The number of nitrogens with zero attached hydrogens (tertiary/aromatic N) is 2. The fourth-order valence-electron chi connectivity index (χ4n) is 3.76. The van der Waals surface area contributed by atoms with E-state index in [1.54, 1.807) is 6.20 Å². The summed E-state index contributed by atoms with van der Waals surface area (Å²) in [4.78, 5) is 31.3. The fourth-order valence-corrected chi connectivity index (χ4v) is 3.76. The molecule has 0 aromatic carbocycles. The maximum atomic E-state index is 12.9. The van der Waals surface area contributed by atoms with Crippen LogP contribution in [-0.2, 0) is 9.59 Å². The minimum Gasteiger partial charge on any atom is -0.356 e. The van der Waals surface area contributed by atoms with Crippen LogP contribution in [0.4, 0.5) is 0 Å². The molecule has 0 bridgehead atoms. The maximum Gasteiger partial charge on any atom is 0.241 e. The quantitative estimate of drug-likeness (QED) is 0.702. The number of rotatable bonds is 6. The Morgan fingerprint density at radius 2 is 2.22 bits per heavy atom. The first kappa shape index (κ1) is 19.8. The van der Waals surface area contributed by atoms with Gasteiger partial charge < -0.3 is 10.2 Å². The van der Waals surface area contributed by atoms with E-state index in [0.29, 0.717) is 25.4 Å². The van der Waals surface area contributed by atoms with Crippen molar-refractivity contribution < 1.29 is 9.59 Å². The summed E-state index contributed by atoms with van der Waals surface area (Å²) in [5.74, 6) is 0.634. The molecule has 3 rings (SSSR count). The van der Waals surface area contributed by atoms with Crippen molar-refractivity contribution in [2.24, 2.45) is 11.8 Å². The lowest BCUT2D eigenvalue weighted by Crippen LogP contribution is -2.51. The number of pyridine rings is 1. The van der Waals surface area contributed by atoms with E-state index < -0.39 is 0 Å². The highest BCUT2D eigenvalue weighted by atomic mass is 16.2. The standard InChI is InChI=1S/C20H31N5O2/c1-14(2)7-9-22-19(26)16-6-4-10-25(13-16)20(27)18-11-17(23-24-18)15-5-3-8-21-12-15/h3,5,8,12,14,16-18,23-24H,4,6-7,9-11,13H2,1-2H3,(H,22,26). The van der Waals surface area contributed by atoms with Gasteiger partial charge in [0.1, 0.15) is 6.04 Å². The monoisotopic (exact) mass is 373 g/mol. The lowest BCUT2D eigenvalue weighted by molar-refractivity contribution is -0.137. The van der Waals surface area contributed by atoms with Crippen molar-refractivity contribution in [2.75, 3.05) is 19.6 Å². The summed E-state index contributed by atoms with van der Waals surface area (Å²) < 4.78 is 0. The topological polar surface area (TPSA) is 86.4 Å². The number of aromatic nitrogens is 1. The van der Waals surface area contributed by atoms with E-state index in [9.17, 15) is 9.59 Å². The number of nitrogens with one attached hydrogen (secondary N) is 3. The minimum absolute atomic E-state index is 0.0765. The predicted octanol–water partition coefficient (Wildman–Crippen LogP) is 1.39. The lowest BCUT2D eigenvalue weighted by atomic mass is 9.95. The maximum absolute atomic E-state index is 12.9. The summed E-state index contributed by atoms with van der Waals surface area (Å²) in [6.07, 6.45) is 6.96. The third kappa shape index (κ3) is 5.26. The van der Waals surface area contributed by atoms with Crippen molar-refractivity contribution in [1.29, 1.82) is 0 Å². The molecule has 2 amide bonds. The van der Waals surface area contributed by atoms with E-state index >= 15 is 0 Å². The number of hydrogen-bond acceptors (Lipinski definition) is 5. The number of likely N-dealkylation sites (tertiary alicyclic amines) is 1. The molecule has 7 nitrogen and oxygen atoms in total. The Hall–Kier alpha value is -1.99. The van der Waals surface area contributed by atoms with Gasteiger partial charge in [-0.1, -0.05) is 19.9 Å². The summed E-state index contributed by atoms with van der Waals surface area (Å²) in [5.41, 5.74) is 7.39. The van der Waals surface area contributed by atoms with Gasteiger partial charge in [-0.05, 0) is 43.2 Å². The van der Waals surface area contributed by atoms with Gasteiger partial charge in [0.25, 0.3) is 0 Å². The summed E-state index contributed by atoms with van der Waals surface area (Å²) in [7, 11) is 0. The molecule has 0 radical (unpaired) electrons. The predicted molar refractivity (Wildman–Crippen MR) is 103 cm³/mol. The second-order valence-corrected chi connectivity index (χ2v) is 8.01. The van der Waals surface area contributed by atoms with Crippen molar-refractivity contribution in [3.05, 3.63) is 30.1 Å². The van der Waals surface area contributed by atoms with Gasteiger partial charge in [0.15, 0.2) is 0 Å². The molecule has 3 atom stereocenters. The molecule has 0 spiro atoms. The van der Waals surface area contributed by atoms with Crippen LogP contribution in [0.3, 0.4) is 0 Å². The van der Waals surface area contributed by atoms with Crippen molar-refractivity contribution in [3.8, 4) is 0 Å². The van der Waals surface area contributed by atoms with Gasteiger partial charge in [-0.3, -0.25) is 14.6 Å². The van der Waals surface area contributed by atoms with Crippen LogP contribution in [0, 0.1) is 11.8 Å². The van der Waals surface area contributed by atoms with Crippen LogP contribution in [0.25, 0.3) is 0 Å². The van der Waals surface area contributed by atoms with Gasteiger partial charge in [0.05, 0.1) is 5.92 Å². The Morgan fingerprint density at radius 3 is 2.96 bits per heavy atom. The van der Waals surface area contributed by atoms with E-state index in [2.05, 4.69) is 35.0 Å². The van der Waals surface area contributed by atoms with Crippen LogP contribution in [0.15, 0.2) is 24.5 Å². The molecular formula is C20H31N5O2. The molecule has 7 heteroatoms. The summed E-state index contributed by atoms with van der Waals surface area (Å²) in [5, 5.41) is 3.03. The van der Waals surface area contributed by atoms with Crippen molar-refractivity contribution in [3.63, 3.8) is 0 Å². The zero-order chi connectivity index (χ0) is 19.2. The van der Waals surface area contributed by atoms with Gasteiger partial charge in [0, 0.05) is 38.1 Å². The SMILES string of the molecule is CC(C)CCNC(=O)C1CCCN(C(=O)C2CC(c3cccnc3)NN2)C1. The van der Waals surface area contributed by atoms with Crippen molar-refractivity contribution in [2.45, 2.75) is 51.6 Å². The van der Waals surface area contributed by atoms with Crippen LogP contribution in [0.2, 0.25) is 0 Å². The Balaban J connectivity index is 1.50. The fraction of sp³-hybridized carbons (Fsp3) is 0.650. The molecule has 0 saturated carbocycles. The van der Waals surface area contributed by atoms with Gasteiger partial charge in [-0.25, -0.2) is 10.9 Å². The second-order valence-electron chi connectivity index (χ2n) is 8.01. The number of hydrazine groups is 1. The lowest BCUT2D eigenvalue weighted by Gasteiger charge is -2.33. The largest absolute Gasteiger partial charge is 0.356 e. The van der Waals surface area contributed by atoms with Gasteiger partial charge >= 0.3 is 0 Å². The third-order valence-electron chi connectivity index (χ3n) is 5.41. The second kappa shape index (κ2) is 9.28. The zero-order valence-electron chi connectivity index (χ0n) is 16.3. The number of amides is 2. The van der Waals surface area contributed by atoms with Crippen molar-refractivity contribution in [1.82, 2.24) is 26.1 Å². The molecule has 3 heterocycles. The molecule has 0 aliphatic carbocycles. The summed E-state index contributed by atoms with van der Waals surface area (Å²) >= 11 is 0. The Bertz CT molecular complexity index is 637. The van der Waals surface area contributed by atoms with E-state index in [1.165, 1.54) is 0 Å². The first-order chi connectivity index (χ1) is 13.0. The van der Waals surface area contributed by atoms with Gasteiger partial charge in [0.2, 0.25) is 11.8 Å². The van der Waals surface area contributed by atoms with Crippen LogP contribution in [0.1, 0.15) is 51.1 Å². The molecule has 2 aliphatic rings. The number of piperidine rings is 1. The first-order valence-corrected chi connectivity index (χ1v) is 10.0. The average molecular weight is 374 g/mol. The Labute approximate surface area is 161 Å². The molecule has 3 N–H and O–H groups in total. The Morgan fingerprint density at radius 1 is 1.37 bits per heavy atom. The molecule has 2 fully saturated rings. The van der Waals surface area contributed by atoms with Gasteiger partial charge in [-0.15, -0.1) is 0 Å². The number of carbonyl (C=O) groups is 2. The average Bonchev–Trinajstić information content (AvgIpc) is 3.18. The van der Waals surface area contributed by atoms with E-state index in [1.807, 2.05) is 23.2 Å². The molecule has 1 aromatic rings. The summed E-state index contributed by atoms with van der Waals surface area (Å²) in [6.45, 7) is 6.25. The molecule has 148 valence electrons. The molecule has 27 heavy (non-hydrogen) atoms. The molecular weight excluding hydrogens is 342 g/mol. The molecule has 2 saturated heterocycles. The van der Waals surface area contributed by atoms with E-state index in [4.69, 9.17) is 0 Å². The third-order valence-corrected chi connectivity index (χ3v) is 5.41. The van der Waals surface area contributed by atoms with Crippen molar-refractivity contribution >= 4 is 11.8 Å². The van der Waals surface area contributed by atoms with E-state index in [0.717, 1.165) is 31.4 Å². The highest BCUT2D eigenvalue weighted by Gasteiger charge is 2.36. The van der Waals surface area contributed by atoms with Crippen LogP contribution < -0.4 is 16.2 Å². The highest BCUT2D eigenvalue weighted by Crippen LogP contribution is 2.24. The smallest absolute Gasteiger partial charge is 0.241 e. The number of carbonyl (C=O) groups excluding carboxylic acids is 2. The molecule has 3 unspecified atom stereocenters.